The second-order valence-electron chi connectivity index (χ2n) is 6.28. The number of anilines is 1. The zero-order valence-corrected chi connectivity index (χ0v) is 16.8. The number of nitrogens with zero attached hydrogens (tertiary/aromatic N) is 1. The van der Waals surface area contributed by atoms with Gasteiger partial charge in [-0.1, -0.05) is 19.1 Å². The molecule has 0 aliphatic carbocycles. The fourth-order valence-electron chi connectivity index (χ4n) is 2.82. The number of carbonyl (C=O) groups excluding carboxylic acids is 2. The molecule has 0 radical (unpaired) electrons. The second kappa shape index (κ2) is 8.71. The molecule has 27 heavy (non-hydrogen) atoms. The number of rotatable bonds is 4. The van der Waals surface area contributed by atoms with Gasteiger partial charge in [0.2, 0.25) is 0 Å². The van der Waals surface area contributed by atoms with Crippen molar-refractivity contribution in [3.05, 3.63) is 54.1 Å². The Balaban J connectivity index is 1.67. The lowest BCUT2D eigenvalue weighted by Gasteiger charge is -2.22. The SMILES string of the molecule is CC1CCN(C(=O)COC(=O)c2ccc(S(C)=O)cc2)c2ccccc2S1. The highest BCUT2D eigenvalue weighted by molar-refractivity contribution is 8.00. The number of thioether (sulfide) groups is 1. The first-order valence-electron chi connectivity index (χ1n) is 8.62. The average molecular weight is 404 g/mol. The monoisotopic (exact) mass is 403 g/mol. The largest absolute Gasteiger partial charge is 0.452 e. The number of carbonyl (C=O) groups is 2. The van der Waals surface area contributed by atoms with Crippen LogP contribution in [0.4, 0.5) is 5.69 Å². The third-order valence-corrected chi connectivity index (χ3v) is 6.47. The molecule has 1 amide bonds. The average Bonchev–Trinajstić information content (AvgIpc) is 2.84. The Morgan fingerprint density at radius 1 is 1.19 bits per heavy atom. The minimum absolute atomic E-state index is 0.239. The van der Waals surface area contributed by atoms with Crippen LogP contribution >= 0.6 is 11.8 Å². The van der Waals surface area contributed by atoms with Crippen molar-refractivity contribution in [2.75, 3.05) is 24.3 Å². The molecule has 2 unspecified atom stereocenters. The summed E-state index contributed by atoms with van der Waals surface area (Å²) in [5.74, 6) is -0.806. The van der Waals surface area contributed by atoms with Gasteiger partial charge in [-0.25, -0.2) is 4.79 Å². The van der Waals surface area contributed by atoms with E-state index in [0.717, 1.165) is 17.0 Å². The number of esters is 1. The van der Waals surface area contributed by atoms with Crippen molar-refractivity contribution in [1.82, 2.24) is 0 Å². The number of amides is 1. The number of hydrogen-bond acceptors (Lipinski definition) is 5. The van der Waals surface area contributed by atoms with Crippen LogP contribution in [0.25, 0.3) is 0 Å². The minimum Gasteiger partial charge on any atom is -0.452 e. The van der Waals surface area contributed by atoms with Crippen molar-refractivity contribution >= 4 is 40.1 Å². The summed E-state index contributed by atoms with van der Waals surface area (Å²) in [5.41, 5.74) is 1.19. The first-order chi connectivity index (χ1) is 13.0. The Morgan fingerprint density at radius 3 is 2.59 bits per heavy atom. The van der Waals surface area contributed by atoms with Crippen molar-refractivity contribution in [2.24, 2.45) is 0 Å². The van der Waals surface area contributed by atoms with Crippen LogP contribution in [0.2, 0.25) is 0 Å². The fraction of sp³-hybridized carbons (Fsp3) is 0.300. The van der Waals surface area contributed by atoms with E-state index < -0.39 is 16.8 Å². The lowest BCUT2D eigenvalue weighted by Crippen LogP contribution is -2.35. The van der Waals surface area contributed by atoms with Gasteiger partial charge in [-0.2, -0.15) is 0 Å². The molecule has 0 N–H and O–H groups in total. The fourth-order valence-corrected chi connectivity index (χ4v) is 4.45. The lowest BCUT2D eigenvalue weighted by atomic mass is 10.2. The minimum atomic E-state index is -1.11. The Kier molecular flexibility index (Phi) is 6.34. The van der Waals surface area contributed by atoms with Crippen molar-refractivity contribution in [3.8, 4) is 0 Å². The summed E-state index contributed by atoms with van der Waals surface area (Å²) in [5, 5.41) is 0.411. The van der Waals surface area contributed by atoms with E-state index in [4.69, 9.17) is 4.74 Å². The molecule has 5 nitrogen and oxygen atoms in total. The Labute approximate surface area is 165 Å². The zero-order chi connectivity index (χ0) is 19.4. The van der Waals surface area contributed by atoms with E-state index >= 15 is 0 Å². The van der Waals surface area contributed by atoms with E-state index in [1.807, 2.05) is 24.3 Å². The molecule has 0 aromatic heterocycles. The van der Waals surface area contributed by atoms with Crippen LogP contribution in [0, 0.1) is 0 Å². The van der Waals surface area contributed by atoms with Gasteiger partial charge in [0.05, 0.1) is 11.3 Å². The molecule has 0 saturated heterocycles. The van der Waals surface area contributed by atoms with Gasteiger partial charge in [-0.3, -0.25) is 9.00 Å². The molecule has 0 saturated carbocycles. The van der Waals surface area contributed by atoms with Crippen LogP contribution in [-0.2, 0) is 20.3 Å². The van der Waals surface area contributed by atoms with Crippen LogP contribution in [-0.4, -0.2) is 40.7 Å². The highest BCUT2D eigenvalue weighted by Crippen LogP contribution is 2.37. The Bertz CT molecular complexity index is 867. The summed E-state index contributed by atoms with van der Waals surface area (Å²) in [6, 6.07) is 14.2. The molecular weight excluding hydrogens is 382 g/mol. The van der Waals surface area contributed by atoms with Crippen molar-refractivity contribution < 1.29 is 18.5 Å². The molecular formula is C20H21NO4S2. The molecule has 3 rings (SSSR count). The van der Waals surface area contributed by atoms with Gasteiger partial charge in [-0.05, 0) is 42.8 Å². The van der Waals surface area contributed by atoms with Gasteiger partial charge in [0, 0.05) is 38.6 Å². The summed E-state index contributed by atoms with van der Waals surface area (Å²) >= 11 is 1.75. The van der Waals surface area contributed by atoms with Crippen LogP contribution in [0.5, 0.6) is 0 Å². The van der Waals surface area contributed by atoms with Crippen molar-refractivity contribution in [1.29, 1.82) is 0 Å². The first-order valence-corrected chi connectivity index (χ1v) is 11.1. The Hall–Kier alpha value is -2.12. The number of ether oxygens (including phenoxy) is 1. The molecule has 1 heterocycles. The van der Waals surface area contributed by atoms with Crippen molar-refractivity contribution in [3.63, 3.8) is 0 Å². The quantitative estimate of drug-likeness (QED) is 0.731. The molecule has 0 bridgehead atoms. The zero-order valence-electron chi connectivity index (χ0n) is 15.2. The summed E-state index contributed by atoms with van der Waals surface area (Å²) in [4.78, 5) is 28.3. The number of benzene rings is 2. The third-order valence-electron chi connectivity index (χ3n) is 4.29. The third kappa shape index (κ3) is 4.78. The van der Waals surface area contributed by atoms with Crippen LogP contribution < -0.4 is 4.90 Å². The summed E-state index contributed by atoms with van der Waals surface area (Å²) in [6.07, 6.45) is 2.44. The Morgan fingerprint density at radius 2 is 1.89 bits per heavy atom. The van der Waals surface area contributed by atoms with Crippen LogP contribution in [0.15, 0.2) is 58.3 Å². The molecule has 1 aliphatic rings. The van der Waals surface area contributed by atoms with Crippen molar-refractivity contribution in [2.45, 2.75) is 28.4 Å². The smallest absolute Gasteiger partial charge is 0.338 e. The van der Waals surface area contributed by atoms with E-state index in [0.29, 0.717) is 22.3 Å². The predicted octanol–water partition coefficient (Wildman–Crippen LogP) is 3.50. The normalized spacial score (nSPS) is 17.6. The van der Waals surface area contributed by atoms with Gasteiger partial charge in [0.15, 0.2) is 6.61 Å². The molecule has 2 atom stereocenters. The van der Waals surface area contributed by atoms with E-state index in [1.54, 1.807) is 47.2 Å². The highest BCUT2D eigenvalue weighted by atomic mass is 32.2. The first kappa shape index (κ1) is 19.6. The van der Waals surface area contributed by atoms with Gasteiger partial charge in [0.1, 0.15) is 0 Å². The van der Waals surface area contributed by atoms with Gasteiger partial charge in [-0.15, -0.1) is 11.8 Å². The summed E-state index contributed by atoms with van der Waals surface area (Å²) < 4.78 is 16.6. The second-order valence-corrected chi connectivity index (χ2v) is 9.14. The molecule has 1 aliphatic heterocycles. The van der Waals surface area contributed by atoms with E-state index in [2.05, 4.69) is 6.92 Å². The van der Waals surface area contributed by atoms with Gasteiger partial charge in [0.25, 0.3) is 5.91 Å². The standard InChI is InChI=1S/C20H21NO4S2/c1-14-11-12-21(17-5-3-4-6-18(17)26-14)19(22)13-25-20(23)15-7-9-16(10-8-15)27(2)24/h3-10,14H,11-13H2,1-2H3. The molecule has 142 valence electrons. The van der Waals surface area contributed by atoms with E-state index in [1.165, 1.54) is 0 Å². The molecule has 0 spiro atoms. The van der Waals surface area contributed by atoms with Gasteiger partial charge >= 0.3 is 5.97 Å². The number of para-hydroxylation sites is 1. The van der Waals surface area contributed by atoms with E-state index in [9.17, 15) is 13.8 Å². The number of fused-ring (bicyclic) bond motifs is 1. The lowest BCUT2D eigenvalue weighted by molar-refractivity contribution is -0.121. The topological polar surface area (TPSA) is 63.7 Å². The van der Waals surface area contributed by atoms with Gasteiger partial charge < -0.3 is 9.64 Å². The van der Waals surface area contributed by atoms with Crippen LogP contribution in [0.3, 0.4) is 0 Å². The maximum absolute atomic E-state index is 12.7. The summed E-state index contributed by atoms with van der Waals surface area (Å²) in [7, 11) is -1.11. The molecule has 0 fully saturated rings. The van der Waals surface area contributed by atoms with E-state index in [-0.39, 0.29) is 12.5 Å². The van der Waals surface area contributed by atoms with Crippen LogP contribution in [0.1, 0.15) is 23.7 Å². The number of hydrogen-bond donors (Lipinski definition) is 0. The maximum atomic E-state index is 12.7. The molecule has 2 aromatic carbocycles. The predicted molar refractivity (Wildman–Crippen MR) is 108 cm³/mol. The summed E-state index contributed by atoms with van der Waals surface area (Å²) in [6.45, 7) is 2.43. The highest BCUT2D eigenvalue weighted by Gasteiger charge is 2.25. The molecule has 2 aromatic rings. The molecule has 7 heteroatoms. The maximum Gasteiger partial charge on any atom is 0.338 e.